The number of nitriles is 1. The van der Waals surface area contributed by atoms with Gasteiger partial charge in [-0.1, -0.05) is 6.07 Å². The van der Waals surface area contributed by atoms with Crippen molar-refractivity contribution in [3.63, 3.8) is 0 Å². The minimum atomic E-state index is -0.445. The van der Waals surface area contributed by atoms with Gasteiger partial charge in [-0.15, -0.1) is 11.8 Å². The molecule has 84 valence electrons. The molecule has 1 saturated heterocycles. The van der Waals surface area contributed by atoms with Crippen LogP contribution in [0.3, 0.4) is 0 Å². The molecule has 2 rings (SSSR count). The van der Waals surface area contributed by atoms with Gasteiger partial charge in [0.25, 0.3) is 0 Å². The molecule has 0 aliphatic carbocycles. The molecule has 0 N–H and O–H groups in total. The number of hydrogen-bond donors (Lipinski definition) is 0. The van der Waals surface area contributed by atoms with Crippen molar-refractivity contribution in [2.75, 3.05) is 6.61 Å². The molecule has 4 heteroatoms. The van der Waals surface area contributed by atoms with E-state index in [1.54, 1.807) is 12.1 Å². The lowest BCUT2D eigenvalue weighted by Crippen LogP contribution is -2.13. The fourth-order valence-corrected chi connectivity index (χ4v) is 2.97. The predicted octanol–water partition coefficient (Wildman–Crippen LogP) is 2.97. The number of hydrogen-bond acceptors (Lipinski definition) is 3. The second kappa shape index (κ2) is 4.86. The second-order valence-electron chi connectivity index (χ2n) is 3.75. The zero-order valence-electron chi connectivity index (χ0n) is 8.94. The Labute approximate surface area is 98.4 Å². The Morgan fingerprint density at radius 1 is 1.56 bits per heavy atom. The number of thioether (sulfide) groups is 1. The average molecular weight is 237 g/mol. The molecular weight excluding hydrogens is 225 g/mol. The van der Waals surface area contributed by atoms with E-state index < -0.39 is 5.82 Å². The van der Waals surface area contributed by atoms with Crippen LogP contribution < -0.4 is 0 Å². The van der Waals surface area contributed by atoms with Crippen molar-refractivity contribution >= 4 is 11.8 Å². The van der Waals surface area contributed by atoms with Gasteiger partial charge in [0.1, 0.15) is 17.4 Å². The quantitative estimate of drug-likeness (QED) is 0.792. The molecule has 0 unspecified atom stereocenters. The van der Waals surface area contributed by atoms with Gasteiger partial charge in [0.2, 0.25) is 0 Å². The fourth-order valence-electron chi connectivity index (χ4n) is 1.74. The average Bonchev–Trinajstić information content (AvgIpc) is 2.65. The summed E-state index contributed by atoms with van der Waals surface area (Å²) in [5.74, 6) is -0.445. The molecule has 1 heterocycles. The van der Waals surface area contributed by atoms with Gasteiger partial charge >= 0.3 is 0 Å². The van der Waals surface area contributed by atoms with Gasteiger partial charge in [-0.25, -0.2) is 4.39 Å². The highest BCUT2D eigenvalue weighted by molar-refractivity contribution is 8.00. The molecular formula is C12H12FNOS. The van der Waals surface area contributed by atoms with Gasteiger partial charge in [-0.05, 0) is 25.5 Å². The molecule has 2 atom stereocenters. The normalized spacial score (nSPS) is 24.3. The number of ether oxygens (including phenoxy) is 1. The maximum absolute atomic E-state index is 13.4. The van der Waals surface area contributed by atoms with Crippen molar-refractivity contribution in [1.82, 2.24) is 0 Å². The highest BCUT2D eigenvalue weighted by Gasteiger charge is 2.26. The smallest absolute Gasteiger partial charge is 0.142 e. The molecule has 0 amide bonds. The van der Waals surface area contributed by atoms with Crippen LogP contribution in [0.15, 0.2) is 23.1 Å². The molecule has 1 fully saturated rings. The number of rotatable bonds is 2. The first-order chi connectivity index (χ1) is 7.72. The molecule has 2 nitrogen and oxygen atoms in total. The molecule has 0 aromatic heterocycles. The van der Waals surface area contributed by atoms with E-state index in [1.165, 1.54) is 17.8 Å². The van der Waals surface area contributed by atoms with Crippen LogP contribution in [-0.4, -0.2) is 18.0 Å². The number of benzene rings is 1. The third-order valence-electron chi connectivity index (χ3n) is 2.67. The van der Waals surface area contributed by atoms with Gasteiger partial charge in [-0.3, -0.25) is 0 Å². The van der Waals surface area contributed by atoms with Crippen molar-refractivity contribution in [2.24, 2.45) is 0 Å². The Bertz CT molecular complexity index is 430. The summed E-state index contributed by atoms with van der Waals surface area (Å²) in [7, 11) is 0. The summed E-state index contributed by atoms with van der Waals surface area (Å²) in [4.78, 5) is 0.713. The van der Waals surface area contributed by atoms with E-state index in [1.807, 2.05) is 13.0 Å². The molecule has 0 radical (unpaired) electrons. The number of halogens is 1. The van der Waals surface area contributed by atoms with Crippen LogP contribution in [0.4, 0.5) is 4.39 Å². The Morgan fingerprint density at radius 3 is 3.00 bits per heavy atom. The summed E-state index contributed by atoms with van der Waals surface area (Å²) in [5.41, 5.74) is 0.145. The van der Waals surface area contributed by atoms with Crippen molar-refractivity contribution < 1.29 is 9.13 Å². The summed E-state index contributed by atoms with van der Waals surface area (Å²) in [6, 6.07) is 6.66. The SMILES string of the molecule is C[C@@H]1OCC[C@@H]1Sc1cccc(F)c1C#N. The minimum Gasteiger partial charge on any atom is -0.377 e. The van der Waals surface area contributed by atoms with E-state index in [0.29, 0.717) is 10.1 Å². The predicted molar refractivity (Wildman–Crippen MR) is 60.8 cm³/mol. The summed E-state index contributed by atoms with van der Waals surface area (Å²) >= 11 is 1.54. The Balaban J connectivity index is 2.21. The summed E-state index contributed by atoms with van der Waals surface area (Å²) in [6.45, 7) is 2.76. The van der Waals surface area contributed by atoms with E-state index in [9.17, 15) is 4.39 Å². The van der Waals surface area contributed by atoms with Crippen molar-refractivity contribution in [1.29, 1.82) is 5.26 Å². The van der Waals surface area contributed by atoms with E-state index in [-0.39, 0.29) is 11.7 Å². The monoisotopic (exact) mass is 237 g/mol. The molecule has 0 spiro atoms. The topological polar surface area (TPSA) is 33.0 Å². The zero-order chi connectivity index (χ0) is 11.5. The van der Waals surface area contributed by atoms with Crippen LogP contribution in [0, 0.1) is 17.1 Å². The first-order valence-corrected chi connectivity index (χ1v) is 6.07. The first-order valence-electron chi connectivity index (χ1n) is 5.19. The molecule has 1 aromatic rings. The third-order valence-corrected chi connectivity index (χ3v) is 4.19. The van der Waals surface area contributed by atoms with Gasteiger partial charge in [-0.2, -0.15) is 5.26 Å². The van der Waals surface area contributed by atoms with E-state index in [2.05, 4.69) is 0 Å². The third kappa shape index (κ3) is 2.21. The highest BCUT2D eigenvalue weighted by Crippen LogP contribution is 2.34. The van der Waals surface area contributed by atoms with E-state index >= 15 is 0 Å². The second-order valence-corrected chi connectivity index (χ2v) is 5.03. The summed E-state index contributed by atoms with van der Waals surface area (Å²) in [5, 5.41) is 9.22. The van der Waals surface area contributed by atoms with Crippen molar-refractivity contribution in [2.45, 2.75) is 29.6 Å². The van der Waals surface area contributed by atoms with Crippen molar-refractivity contribution in [3.8, 4) is 6.07 Å². The van der Waals surface area contributed by atoms with Gasteiger partial charge in [0, 0.05) is 16.8 Å². The maximum Gasteiger partial charge on any atom is 0.142 e. The lowest BCUT2D eigenvalue weighted by Gasteiger charge is -2.14. The van der Waals surface area contributed by atoms with E-state index in [4.69, 9.17) is 10.00 Å². The van der Waals surface area contributed by atoms with Crippen LogP contribution in [0.5, 0.6) is 0 Å². The van der Waals surface area contributed by atoms with Gasteiger partial charge in [0.05, 0.1) is 6.10 Å². The van der Waals surface area contributed by atoms with Crippen LogP contribution in [-0.2, 0) is 4.74 Å². The van der Waals surface area contributed by atoms with Crippen LogP contribution in [0.25, 0.3) is 0 Å². The van der Waals surface area contributed by atoms with E-state index in [0.717, 1.165) is 13.0 Å². The molecule has 0 bridgehead atoms. The largest absolute Gasteiger partial charge is 0.377 e. The minimum absolute atomic E-state index is 0.145. The van der Waals surface area contributed by atoms with Crippen LogP contribution in [0.1, 0.15) is 18.9 Å². The Hall–Kier alpha value is -1.05. The molecule has 16 heavy (non-hydrogen) atoms. The standard InChI is InChI=1S/C12H12FNOS/c1-8-11(5-6-15-8)16-12-4-2-3-10(13)9(12)7-14/h2-4,8,11H,5-6H2,1H3/t8-,11-/m0/s1. The zero-order valence-corrected chi connectivity index (χ0v) is 9.76. The Kier molecular flexibility index (Phi) is 3.47. The maximum atomic E-state index is 13.4. The van der Waals surface area contributed by atoms with Crippen LogP contribution in [0.2, 0.25) is 0 Å². The highest BCUT2D eigenvalue weighted by atomic mass is 32.2. The molecule has 0 saturated carbocycles. The fraction of sp³-hybridized carbons (Fsp3) is 0.417. The summed E-state index contributed by atoms with van der Waals surface area (Å²) < 4.78 is 18.8. The van der Waals surface area contributed by atoms with Gasteiger partial charge < -0.3 is 4.74 Å². The summed E-state index contributed by atoms with van der Waals surface area (Å²) in [6.07, 6.45) is 1.12. The molecule has 1 aromatic carbocycles. The molecule has 1 aliphatic rings. The lowest BCUT2D eigenvalue weighted by molar-refractivity contribution is 0.127. The molecule has 1 aliphatic heterocycles. The first kappa shape index (κ1) is 11.4. The van der Waals surface area contributed by atoms with Crippen molar-refractivity contribution in [3.05, 3.63) is 29.6 Å². The number of nitrogens with zero attached hydrogens (tertiary/aromatic N) is 1. The van der Waals surface area contributed by atoms with Crippen LogP contribution >= 0.6 is 11.8 Å². The lowest BCUT2D eigenvalue weighted by atomic mass is 10.2. The van der Waals surface area contributed by atoms with Gasteiger partial charge in [0.15, 0.2) is 0 Å². The Morgan fingerprint density at radius 2 is 2.38 bits per heavy atom.